The predicted octanol–water partition coefficient (Wildman–Crippen LogP) is 3.89. The highest BCUT2D eigenvalue weighted by molar-refractivity contribution is 6.15. The van der Waals surface area contributed by atoms with Gasteiger partial charge in [-0.3, -0.25) is 14.8 Å². The molecule has 32 heavy (non-hydrogen) atoms. The van der Waals surface area contributed by atoms with Crippen LogP contribution in [0.1, 0.15) is 65.6 Å². The lowest BCUT2D eigenvalue weighted by Crippen LogP contribution is -2.45. The van der Waals surface area contributed by atoms with Gasteiger partial charge in [0.25, 0.3) is 0 Å². The Balaban J connectivity index is 1.21. The van der Waals surface area contributed by atoms with Gasteiger partial charge in [-0.15, -0.1) is 0 Å². The van der Waals surface area contributed by atoms with E-state index in [9.17, 15) is 4.79 Å². The van der Waals surface area contributed by atoms with Crippen LogP contribution >= 0.6 is 0 Å². The molecule has 0 unspecified atom stereocenters. The largest absolute Gasteiger partial charge is 0.334 e. The van der Waals surface area contributed by atoms with Crippen molar-refractivity contribution in [3.63, 3.8) is 0 Å². The van der Waals surface area contributed by atoms with Crippen molar-refractivity contribution in [2.24, 2.45) is 10.9 Å². The summed E-state index contributed by atoms with van der Waals surface area (Å²) < 4.78 is 0. The van der Waals surface area contributed by atoms with Crippen molar-refractivity contribution in [2.45, 2.75) is 64.6 Å². The molecule has 1 amide bonds. The standard InChI is InChI=1S/C27H32N4O/c1-18-10-20(6-8-28-18)27-25-12-23-16-31(26(32)13-21(23)11-22(25)14-29-27)24-7-9-30(17-24)15-19-4-2-3-5-19/h6,8,10-12,19,24H,2-5,7,9,13-17H2,1H3/t24-/m1/s1. The molecule has 4 aliphatic rings. The van der Waals surface area contributed by atoms with E-state index < -0.39 is 0 Å². The molecule has 5 nitrogen and oxygen atoms in total. The summed E-state index contributed by atoms with van der Waals surface area (Å²) in [6, 6.07) is 9.08. The molecule has 1 aromatic carbocycles. The highest BCUT2D eigenvalue weighted by Gasteiger charge is 2.35. The van der Waals surface area contributed by atoms with Gasteiger partial charge in [0, 0.05) is 55.2 Å². The van der Waals surface area contributed by atoms with E-state index >= 15 is 0 Å². The molecule has 0 spiro atoms. The smallest absolute Gasteiger partial charge is 0.227 e. The second kappa shape index (κ2) is 8.11. The lowest BCUT2D eigenvalue weighted by molar-refractivity contribution is -0.134. The lowest BCUT2D eigenvalue weighted by Gasteiger charge is -2.34. The third-order valence-corrected chi connectivity index (χ3v) is 7.94. The van der Waals surface area contributed by atoms with E-state index in [1.165, 1.54) is 54.5 Å². The van der Waals surface area contributed by atoms with Gasteiger partial charge in [0.15, 0.2) is 0 Å². The first-order valence-electron chi connectivity index (χ1n) is 12.3. The second-order valence-electron chi connectivity index (χ2n) is 10.2. The van der Waals surface area contributed by atoms with E-state index in [1.807, 2.05) is 19.2 Å². The average Bonchev–Trinajstić information content (AvgIpc) is 3.53. The van der Waals surface area contributed by atoms with Crippen molar-refractivity contribution >= 4 is 11.6 Å². The van der Waals surface area contributed by atoms with Gasteiger partial charge in [-0.1, -0.05) is 18.9 Å². The molecule has 0 bridgehead atoms. The first-order chi connectivity index (χ1) is 15.6. The minimum Gasteiger partial charge on any atom is -0.334 e. The zero-order valence-corrected chi connectivity index (χ0v) is 19.0. The Morgan fingerprint density at radius 3 is 2.78 bits per heavy atom. The van der Waals surface area contributed by atoms with Gasteiger partial charge in [-0.25, -0.2) is 0 Å². The Bertz CT molecular complexity index is 1090. The molecule has 2 fully saturated rings. The van der Waals surface area contributed by atoms with Crippen molar-refractivity contribution in [1.29, 1.82) is 0 Å². The molecule has 1 saturated heterocycles. The minimum absolute atomic E-state index is 0.300. The molecule has 1 atom stereocenters. The maximum absolute atomic E-state index is 13.1. The number of aliphatic imine (C=N–C) groups is 1. The van der Waals surface area contributed by atoms with Gasteiger partial charge in [-0.2, -0.15) is 0 Å². The summed E-state index contributed by atoms with van der Waals surface area (Å²) >= 11 is 0. The zero-order chi connectivity index (χ0) is 21.7. The number of hydrogen-bond acceptors (Lipinski definition) is 4. The molecular formula is C27H32N4O. The van der Waals surface area contributed by atoms with E-state index in [2.05, 4.69) is 33.0 Å². The summed E-state index contributed by atoms with van der Waals surface area (Å²) in [5.41, 5.74) is 8.21. The fourth-order valence-electron chi connectivity index (χ4n) is 6.25. The SMILES string of the molecule is Cc1cc(C2=NCc3cc4c(cc32)CN([C@@H]2CCN(CC3CCCC3)C2)C(=O)C4)ccn1. The van der Waals surface area contributed by atoms with Crippen LogP contribution in [0.2, 0.25) is 0 Å². The number of aromatic nitrogens is 1. The topological polar surface area (TPSA) is 48.8 Å². The number of benzene rings is 1. The summed E-state index contributed by atoms with van der Waals surface area (Å²) in [6.07, 6.45) is 9.09. The maximum atomic E-state index is 13.1. The first kappa shape index (κ1) is 20.1. The van der Waals surface area contributed by atoms with Crippen molar-refractivity contribution in [2.75, 3.05) is 19.6 Å². The van der Waals surface area contributed by atoms with E-state index in [1.54, 1.807) is 0 Å². The van der Waals surface area contributed by atoms with Crippen LogP contribution in [0.5, 0.6) is 0 Å². The molecule has 1 saturated carbocycles. The molecule has 6 rings (SSSR count). The first-order valence-corrected chi connectivity index (χ1v) is 12.3. The normalized spacial score (nSPS) is 23.5. The number of hydrogen-bond donors (Lipinski definition) is 0. The van der Waals surface area contributed by atoms with E-state index in [-0.39, 0.29) is 0 Å². The number of fused-ring (bicyclic) bond motifs is 2. The molecule has 4 heterocycles. The fourth-order valence-corrected chi connectivity index (χ4v) is 6.25. The van der Waals surface area contributed by atoms with Crippen LogP contribution in [0.4, 0.5) is 0 Å². The number of amides is 1. The summed E-state index contributed by atoms with van der Waals surface area (Å²) in [6.45, 7) is 6.88. The summed E-state index contributed by atoms with van der Waals surface area (Å²) in [7, 11) is 0. The van der Waals surface area contributed by atoms with Gasteiger partial charge in [-0.05, 0) is 67.0 Å². The molecule has 1 aliphatic carbocycles. The molecule has 5 heteroatoms. The van der Waals surface area contributed by atoms with Gasteiger partial charge < -0.3 is 9.80 Å². The van der Waals surface area contributed by atoms with Crippen molar-refractivity contribution in [1.82, 2.24) is 14.8 Å². The van der Waals surface area contributed by atoms with Crippen LogP contribution in [0.3, 0.4) is 0 Å². The van der Waals surface area contributed by atoms with Gasteiger partial charge in [0.2, 0.25) is 5.91 Å². The quantitative estimate of drug-likeness (QED) is 0.742. The maximum Gasteiger partial charge on any atom is 0.227 e. The number of carbonyl (C=O) groups excluding carboxylic acids is 1. The molecule has 166 valence electrons. The highest BCUT2D eigenvalue weighted by atomic mass is 16.2. The molecule has 2 aromatic rings. The summed E-state index contributed by atoms with van der Waals surface area (Å²) in [5, 5.41) is 0. The third-order valence-electron chi connectivity index (χ3n) is 7.94. The molecule has 0 radical (unpaired) electrons. The number of aryl methyl sites for hydroxylation is 1. The van der Waals surface area contributed by atoms with Crippen LogP contribution in [0.25, 0.3) is 0 Å². The number of likely N-dealkylation sites (tertiary alicyclic amines) is 1. The lowest BCUT2D eigenvalue weighted by atomic mass is 9.90. The average molecular weight is 429 g/mol. The van der Waals surface area contributed by atoms with Gasteiger partial charge >= 0.3 is 0 Å². The van der Waals surface area contributed by atoms with Crippen molar-refractivity contribution in [3.05, 3.63) is 64.0 Å². The van der Waals surface area contributed by atoms with Crippen LogP contribution < -0.4 is 0 Å². The van der Waals surface area contributed by atoms with E-state index in [0.29, 0.717) is 24.9 Å². The summed E-state index contributed by atoms with van der Waals surface area (Å²) in [5.74, 6) is 1.18. The van der Waals surface area contributed by atoms with Crippen LogP contribution in [-0.4, -0.2) is 52.1 Å². The molecule has 3 aliphatic heterocycles. The Hall–Kier alpha value is -2.53. The van der Waals surface area contributed by atoms with Gasteiger partial charge in [0.05, 0.1) is 18.7 Å². The van der Waals surface area contributed by atoms with Crippen LogP contribution in [0, 0.1) is 12.8 Å². The highest BCUT2D eigenvalue weighted by Crippen LogP contribution is 2.32. The number of rotatable bonds is 4. The van der Waals surface area contributed by atoms with Crippen LogP contribution in [0.15, 0.2) is 35.5 Å². The Morgan fingerprint density at radius 1 is 1.06 bits per heavy atom. The second-order valence-corrected chi connectivity index (χ2v) is 10.2. The Kier molecular flexibility index (Phi) is 5.09. The van der Waals surface area contributed by atoms with Crippen molar-refractivity contribution < 1.29 is 4.79 Å². The molecular weight excluding hydrogens is 396 g/mol. The van der Waals surface area contributed by atoms with Gasteiger partial charge in [0.1, 0.15) is 0 Å². The Labute approximate surface area is 190 Å². The van der Waals surface area contributed by atoms with Crippen LogP contribution in [-0.2, 0) is 24.3 Å². The number of pyridine rings is 1. The minimum atomic E-state index is 0.300. The monoisotopic (exact) mass is 428 g/mol. The van der Waals surface area contributed by atoms with E-state index in [4.69, 9.17) is 4.99 Å². The van der Waals surface area contributed by atoms with E-state index in [0.717, 1.165) is 48.9 Å². The number of carbonyl (C=O) groups is 1. The fraction of sp³-hybridized carbons (Fsp3) is 0.519. The summed E-state index contributed by atoms with van der Waals surface area (Å²) in [4.78, 5) is 27.1. The molecule has 0 N–H and O–H groups in total. The predicted molar refractivity (Wildman–Crippen MR) is 126 cm³/mol. The number of nitrogens with zero attached hydrogens (tertiary/aromatic N) is 4. The van der Waals surface area contributed by atoms with Crippen molar-refractivity contribution in [3.8, 4) is 0 Å². The molecule has 1 aromatic heterocycles. The zero-order valence-electron chi connectivity index (χ0n) is 19.0. The Morgan fingerprint density at radius 2 is 1.94 bits per heavy atom. The third kappa shape index (κ3) is 3.66.